The molecule has 0 aliphatic carbocycles. The third kappa shape index (κ3) is 3.83. The summed E-state index contributed by atoms with van der Waals surface area (Å²) in [7, 11) is 0. The van der Waals surface area contributed by atoms with Crippen molar-refractivity contribution in [3.05, 3.63) is 29.8 Å². The highest BCUT2D eigenvalue weighted by Gasteiger charge is 2.12. The van der Waals surface area contributed by atoms with Crippen molar-refractivity contribution in [1.82, 2.24) is 0 Å². The molecule has 0 saturated carbocycles. The molecule has 16 heavy (non-hydrogen) atoms. The average Bonchev–Trinajstić information content (AvgIpc) is 2.33. The van der Waals surface area contributed by atoms with E-state index in [4.69, 9.17) is 9.84 Å². The van der Waals surface area contributed by atoms with E-state index < -0.39 is 6.10 Å². The maximum Gasteiger partial charge on any atom is 0.125 e. The SMILES string of the molecule is CCCOc1ccccc1C(O)CCCO. The minimum Gasteiger partial charge on any atom is -0.493 e. The molecule has 0 amide bonds. The Hall–Kier alpha value is -1.06. The van der Waals surface area contributed by atoms with Gasteiger partial charge in [0, 0.05) is 12.2 Å². The van der Waals surface area contributed by atoms with Gasteiger partial charge >= 0.3 is 0 Å². The van der Waals surface area contributed by atoms with Gasteiger partial charge in [0.05, 0.1) is 12.7 Å². The summed E-state index contributed by atoms with van der Waals surface area (Å²) in [6.07, 6.45) is 1.55. The molecule has 0 spiro atoms. The predicted octanol–water partition coefficient (Wildman–Crippen LogP) is 2.28. The van der Waals surface area contributed by atoms with Gasteiger partial charge < -0.3 is 14.9 Å². The first-order chi connectivity index (χ1) is 7.79. The maximum absolute atomic E-state index is 9.94. The minimum atomic E-state index is -0.555. The van der Waals surface area contributed by atoms with Crippen LogP contribution in [0.4, 0.5) is 0 Å². The zero-order valence-corrected chi connectivity index (χ0v) is 9.72. The maximum atomic E-state index is 9.94. The quantitative estimate of drug-likeness (QED) is 0.747. The highest BCUT2D eigenvalue weighted by Crippen LogP contribution is 2.27. The lowest BCUT2D eigenvalue weighted by Gasteiger charge is -2.15. The van der Waals surface area contributed by atoms with Crippen molar-refractivity contribution in [1.29, 1.82) is 0 Å². The highest BCUT2D eigenvalue weighted by molar-refractivity contribution is 5.35. The molecule has 0 radical (unpaired) electrons. The molecule has 2 N–H and O–H groups in total. The van der Waals surface area contributed by atoms with E-state index in [1.165, 1.54) is 0 Å². The number of hydrogen-bond donors (Lipinski definition) is 2. The molecule has 1 rings (SSSR count). The van der Waals surface area contributed by atoms with Crippen LogP contribution in [0.25, 0.3) is 0 Å². The summed E-state index contributed by atoms with van der Waals surface area (Å²) in [5, 5.41) is 18.7. The van der Waals surface area contributed by atoms with Gasteiger partial charge in [0.25, 0.3) is 0 Å². The van der Waals surface area contributed by atoms with E-state index in [9.17, 15) is 5.11 Å². The fraction of sp³-hybridized carbons (Fsp3) is 0.538. The summed E-state index contributed by atoms with van der Waals surface area (Å²) in [4.78, 5) is 0. The summed E-state index contributed by atoms with van der Waals surface area (Å²) >= 11 is 0. The largest absolute Gasteiger partial charge is 0.493 e. The van der Waals surface area contributed by atoms with Gasteiger partial charge in [-0.05, 0) is 25.3 Å². The zero-order chi connectivity index (χ0) is 11.8. The zero-order valence-electron chi connectivity index (χ0n) is 9.72. The van der Waals surface area contributed by atoms with E-state index in [0.717, 1.165) is 17.7 Å². The van der Waals surface area contributed by atoms with Crippen LogP contribution in [-0.4, -0.2) is 23.4 Å². The Balaban J connectivity index is 2.68. The second kappa shape index (κ2) is 7.25. The first kappa shape index (κ1) is 13.0. The van der Waals surface area contributed by atoms with Crippen LogP contribution in [0.5, 0.6) is 5.75 Å². The molecule has 0 fully saturated rings. The van der Waals surface area contributed by atoms with Crippen molar-refractivity contribution < 1.29 is 14.9 Å². The van der Waals surface area contributed by atoms with E-state index in [0.29, 0.717) is 19.4 Å². The number of aliphatic hydroxyl groups excluding tert-OH is 2. The van der Waals surface area contributed by atoms with Crippen molar-refractivity contribution >= 4 is 0 Å². The number of benzene rings is 1. The lowest BCUT2D eigenvalue weighted by molar-refractivity contribution is 0.147. The van der Waals surface area contributed by atoms with Crippen LogP contribution in [0.3, 0.4) is 0 Å². The van der Waals surface area contributed by atoms with Crippen LogP contribution in [0.2, 0.25) is 0 Å². The summed E-state index contributed by atoms with van der Waals surface area (Å²) < 4.78 is 5.56. The van der Waals surface area contributed by atoms with E-state index in [1.807, 2.05) is 31.2 Å². The smallest absolute Gasteiger partial charge is 0.125 e. The molecule has 1 aromatic rings. The molecule has 0 aliphatic rings. The van der Waals surface area contributed by atoms with Gasteiger partial charge in [-0.25, -0.2) is 0 Å². The van der Waals surface area contributed by atoms with Crippen molar-refractivity contribution in [2.75, 3.05) is 13.2 Å². The number of hydrogen-bond acceptors (Lipinski definition) is 3. The number of para-hydroxylation sites is 1. The van der Waals surface area contributed by atoms with Crippen LogP contribution in [0, 0.1) is 0 Å². The van der Waals surface area contributed by atoms with Gasteiger partial charge in [-0.3, -0.25) is 0 Å². The first-order valence-electron chi connectivity index (χ1n) is 5.80. The number of ether oxygens (including phenoxy) is 1. The van der Waals surface area contributed by atoms with Gasteiger partial charge in [0.15, 0.2) is 0 Å². The average molecular weight is 224 g/mol. The topological polar surface area (TPSA) is 49.7 Å². The van der Waals surface area contributed by atoms with E-state index in [2.05, 4.69) is 0 Å². The molecule has 1 atom stereocenters. The van der Waals surface area contributed by atoms with Crippen LogP contribution in [0.15, 0.2) is 24.3 Å². The van der Waals surface area contributed by atoms with Gasteiger partial charge in [-0.1, -0.05) is 25.1 Å². The van der Waals surface area contributed by atoms with Crippen LogP contribution < -0.4 is 4.74 Å². The third-order valence-electron chi connectivity index (χ3n) is 2.38. The van der Waals surface area contributed by atoms with E-state index >= 15 is 0 Å². The van der Waals surface area contributed by atoms with Gasteiger partial charge in [0.1, 0.15) is 5.75 Å². The second-order valence-corrected chi connectivity index (χ2v) is 3.77. The lowest BCUT2D eigenvalue weighted by Crippen LogP contribution is -2.04. The second-order valence-electron chi connectivity index (χ2n) is 3.77. The Bertz CT molecular complexity index is 299. The molecular weight excluding hydrogens is 204 g/mol. The summed E-state index contributed by atoms with van der Waals surface area (Å²) in [5.74, 6) is 0.745. The molecule has 0 aromatic heterocycles. The van der Waals surface area contributed by atoms with Crippen molar-refractivity contribution in [2.45, 2.75) is 32.3 Å². The van der Waals surface area contributed by atoms with Gasteiger partial charge in [-0.2, -0.15) is 0 Å². The number of rotatable bonds is 7. The van der Waals surface area contributed by atoms with Crippen LogP contribution in [0.1, 0.15) is 37.9 Å². The fourth-order valence-corrected chi connectivity index (χ4v) is 1.54. The summed E-state index contributed by atoms with van der Waals surface area (Å²) in [6, 6.07) is 7.52. The molecule has 1 unspecified atom stereocenters. The van der Waals surface area contributed by atoms with Gasteiger partial charge in [0.2, 0.25) is 0 Å². The normalized spacial score (nSPS) is 12.4. The molecule has 3 heteroatoms. The highest BCUT2D eigenvalue weighted by atomic mass is 16.5. The Kier molecular flexibility index (Phi) is 5.90. The van der Waals surface area contributed by atoms with Crippen molar-refractivity contribution in [2.24, 2.45) is 0 Å². The molecule has 0 aliphatic heterocycles. The molecule has 3 nitrogen and oxygen atoms in total. The van der Waals surface area contributed by atoms with Crippen LogP contribution >= 0.6 is 0 Å². The van der Waals surface area contributed by atoms with E-state index in [-0.39, 0.29) is 6.61 Å². The summed E-state index contributed by atoms with van der Waals surface area (Å²) in [6.45, 7) is 2.81. The third-order valence-corrected chi connectivity index (χ3v) is 2.38. The van der Waals surface area contributed by atoms with E-state index in [1.54, 1.807) is 0 Å². The monoisotopic (exact) mass is 224 g/mol. The molecule has 0 bridgehead atoms. The fourth-order valence-electron chi connectivity index (χ4n) is 1.54. The first-order valence-corrected chi connectivity index (χ1v) is 5.80. The molecular formula is C13H20O3. The standard InChI is InChI=1S/C13H20O3/c1-2-10-16-13-8-4-3-6-11(13)12(15)7-5-9-14/h3-4,6,8,12,14-15H,2,5,7,9-10H2,1H3. The van der Waals surface area contributed by atoms with Crippen molar-refractivity contribution in [3.8, 4) is 5.75 Å². The molecule has 90 valence electrons. The Morgan fingerprint density at radius 2 is 2.06 bits per heavy atom. The Labute approximate surface area is 96.7 Å². The van der Waals surface area contributed by atoms with Crippen molar-refractivity contribution in [3.63, 3.8) is 0 Å². The lowest BCUT2D eigenvalue weighted by atomic mass is 10.0. The molecule has 0 heterocycles. The number of aliphatic hydroxyl groups is 2. The predicted molar refractivity (Wildman–Crippen MR) is 63.5 cm³/mol. The Morgan fingerprint density at radius 1 is 1.31 bits per heavy atom. The Morgan fingerprint density at radius 3 is 2.75 bits per heavy atom. The van der Waals surface area contributed by atoms with Gasteiger partial charge in [-0.15, -0.1) is 0 Å². The minimum absolute atomic E-state index is 0.106. The summed E-state index contributed by atoms with van der Waals surface area (Å²) in [5.41, 5.74) is 0.810. The van der Waals surface area contributed by atoms with Crippen LogP contribution in [-0.2, 0) is 0 Å². The molecule has 0 saturated heterocycles. The molecule has 1 aromatic carbocycles.